The zero-order valence-electron chi connectivity index (χ0n) is 15.8. The zero-order chi connectivity index (χ0) is 20.1. The number of nitrogens with one attached hydrogen (secondary N) is 1. The monoisotopic (exact) mass is 434 g/mol. The van der Waals surface area contributed by atoms with Crippen molar-refractivity contribution in [2.24, 2.45) is 29.6 Å². The summed E-state index contributed by atoms with van der Waals surface area (Å²) >= 11 is 3.04. The Morgan fingerprint density at radius 1 is 1.10 bits per heavy atom. The Hall–Kier alpha value is -1.61. The Kier molecular flexibility index (Phi) is 3.74. The summed E-state index contributed by atoms with van der Waals surface area (Å²) in [5, 5.41) is 10.4. The maximum atomic E-state index is 13.1. The molecule has 1 saturated heterocycles. The standard InChI is InChI=1S/C20H22N2O5S2/c23-10(24)7-22-17(25)11-8-6-9(12(11)18(22)26)14-13(8)20(4-2-1-3-5-20)15-16(28-14)21-19(27)29-15/h8-9,11-14H,1-7H2,(H,21,27)(H,23,24)/t8-,9-,11?,12?,13?,14?/m1/s1. The number of carbonyl (C=O) groups excluding carboxylic acids is 2. The van der Waals surface area contributed by atoms with E-state index in [2.05, 4.69) is 4.98 Å². The first-order chi connectivity index (χ1) is 13.9. The van der Waals surface area contributed by atoms with E-state index < -0.39 is 12.5 Å². The van der Waals surface area contributed by atoms with Crippen LogP contribution in [0.1, 0.15) is 43.4 Å². The number of thiazole rings is 1. The molecule has 0 radical (unpaired) electrons. The fourth-order valence-electron chi connectivity index (χ4n) is 7.43. The average Bonchev–Trinajstić information content (AvgIpc) is 3.41. The van der Waals surface area contributed by atoms with Crippen LogP contribution in [-0.4, -0.2) is 44.6 Å². The van der Waals surface area contributed by atoms with E-state index in [1.807, 2.05) is 0 Å². The minimum Gasteiger partial charge on any atom is -0.480 e. The zero-order valence-corrected chi connectivity index (χ0v) is 17.4. The largest absolute Gasteiger partial charge is 0.480 e. The summed E-state index contributed by atoms with van der Waals surface area (Å²) in [4.78, 5) is 54.7. The quantitative estimate of drug-likeness (QED) is 0.690. The number of hydrogen-bond donors (Lipinski definition) is 2. The number of H-pyrrole nitrogens is 1. The van der Waals surface area contributed by atoms with Gasteiger partial charge in [-0.1, -0.05) is 30.6 Å². The summed E-state index contributed by atoms with van der Waals surface area (Å²) in [5.41, 5.74) is -0.0682. The minimum absolute atomic E-state index is 0.0141. The summed E-state index contributed by atoms with van der Waals surface area (Å²) in [6, 6.07) is 0. The van der Waals surface area contributed by atoms with Gasteiger partial charge < -0.3 is 10.1 Å². The van der Waals surface area contributed by atoms with Crippen molar-refractivity contribution in [1.82, 2.24) is 9.88 Å². The number of carboxylic acids is 1. The predicted molar refractivity (Wildman–Crippen MR) is 106 cm³/mol. The van der Waals surface area contributed by atoms with E-state index in [0.717, 1.165) is 42.0 Å². The average molecular weight is 435 g/mol. The first kappa shape index (κ1) is 18.2. The number of thioether (sulfide) groups is 1. The van der Waals surface area contributed by atoms with Crippen molar-refractivity contribution in [2.45, 2.75) is 54.2 Å². The summed E-state index contributed by atoms with van der Waals surface area (Å²) in [6.45, 7) is -0.529. The Labute approximate surface area is 175 Å². The van der Waals surface area contributed by atoms with Crippen molar-refractivity contribution in [2.75, 3.05) is 6.54 Å². The SMILES string of the molecule is O=C(O)CN1C(=O)C2C(C1=O)[C@H]1C[C@H]2C2C1Sc1[nH]c(=O)sc1C21CCCCC1. The molecule has 3 heterocycles. The van der Waals surface area contributed by atoms with Crippen LogP contribution >= 0.6 is 23.1 Å². The lowest BCUT2D eigenvalue weighted by Crippen LogP contribution is -2.51. The molecular formula is C20H22N2O5S2. The van der Waals surface area contributed by atoms with E-state index in [1.165, 1.54) is 22.6 Å². The highest BCUT2D eigenvalue weighted by atomic mass is 32.2. The van der Waals surface area contributed by atoms with Gasteiger partial charge in [-0.25, -0.2) is 0 Å². The third-order valence-electron chi connectivity index (χ3n) is 8.19. The van der Waals surface area contributed by atoms with E-state index in [-0.39, 0.29) is 51.0 Å². The Morgan fingerprint density at radius 3 is 2.48 bits per heavy atom. The van der Waals surface area contributed by atoms with Gasteiger partial charge >= 0.3 is 10.8 Å². The molecule has 5 aliphatic rings. The molecule has 6 rings (SSSR count). The number of aliphatic carboxylic acids is 1. The van der Waals surface area contributed by atoms with Gasteiger partial charge in [0, 0.05) is 15.5 Å². The molecule has 6 atom stereocenters. The van der Waals surface area contributed by atoms with Crippen LogP contribution < -0.4 is 4.87 Å². The number of imide groups is 1. The normalized spacial score (nSPS) is 39.0. The Balaban J connectivity index is 1.45. The molecule has 0 aromatic carbocycles. The number of likely N-dealkylation sites (tertiary alicyclic amines) is 1. The highest BCUT2D eigenvalue weighted by Gasteiger charge is 2.72. The van der Waals surface area contributed by atoms with Gasteiger partial charge in [0.1, 0.15) is 6.54 Å². The molecule has 3 aliphatic carbocycles. The second-order valence-corrected chi connectivity index (χ2v) is 11.4. The number of aromatic nitrogens is 1. The lowest BCUT2D eigenvalue weighted by Gasteiger charge is -2.52. The second-order valence-electron chi connectivity index (χ2n) is 9.27. The molecule has 2 bridgehead atoms. The van der Waals surface area contributed by atoms with Crippen molar-refractivity contribution in [3.05, 3.63) is 14.5 Å². The van der Waals surface area contributed by atoms with Crippen LogP contribution in [0, 0.1) is 29.6 Å². The molecule has 4 fully saturated rings. The van der Waals surface area contributed by atoms with E-state index in [4.69, 9.17) is 5.11 Å². The smallest absolute Gasteiger partial charge is 0.323 e. The number of carbonyl (C=O) groups is 3. The highest BCUT2D eigenvalue weighted by molar-refractivity contribution is 8.00. The van der Waals surface area contributed by atoms with Gasteiger partial charge in [-0.15, -0.1) is 11.8 Å². The molecule has 1 aromatic heterocycles. The third-order valence-corrected chi connectivity index (χ3v) is 10.9. The molecule has 2 aliphatic heterocycles. The van der Waals surface area contributed by atoms with Gasteiger partial charge in [-0.2, -0.15) is 0 Å². The summed E-state index contributed by atoms with van der Waals surface area (Å²) < 4.78 is 0. The molecule has 154 valence electrons. The summed E-state index contributed by atoms with van der Waals surface area (Å²) in [7, 11) is 0. The fourth-order valence-corrected chi connectivity index (χ4v) is 10.6. The second kappa shape index (κ2) is 5.97. The van der Waals surface area contributed by atoms with Crippen LogP contribution in [0.25, 0.3) is 0 Å². The first-order valence-electron chi connectivity index (χ1n) is 10.4. The van der Waals surface area contributed by atoms with Crippen LogP contribution in [0.5, 0.6) is 0 Å². The molecule has 2 amide bonds. The molecule has 2 N–H and O–H groups in total. The topological polar surface area (TPSA) is 108 Å². The first-order valence-corrected chi connectivity index (χ1v) is 12.1. The molecule has 1 aromatic rings. The van der Waals surface area contributed by atoms with Gasteiger partial charge in [0.05, 0.1) is 16.9 Å². The molecule has 7 nitrogen and oxygen atoms in total. The lowest BCUT2D eigenvalue weighted by molar-refractivity contribution is -0.150. The van der Waals surface area contributed by atoms with Gasteiger partial charge in [-0.3, -0.25) is 24.1 Å². The van der Waals surface area contributed by atoms with Crippen molar-refractivity contribution in [3.63, 3.8) is 0 Å². The summed E-state index contributed by atoms with van der Waals surface area (Å²) in [5.74, 6) is -1.98. The number of carboxylic acid groups (broad SMARTS) is 1. The number of aromatic amines is 1. The van der Waals surface area contributed by atoms with Crippen LogP contribution in [0.15, 0.2) is 9.82 Å². The third kappa shape index (κ3) is 2.20. The lowest BCUT2D eigenvalue weighted by atomic mass is 9.57. The van der Waals surface area contributed by atoms with Gasteiger partial charge in [0.25, 0.3) is 0 Å². The van der Waals surface area contributed by atoms with E-state index in [9.17, 15) is 19.2 Å². The maximum absolute atomic E-state index is 13.1. The minimum atomic E-state index is -1.14. The Morgan fingerprint density at radius 2 is 1.79 bits per heavy atom. The molecule has 3 saturated carbocycles. The van der Waals surface area contributed by atoms with Crippen LogP contribution in [0.3, 0.4) is 0 Å². The highest BCUT2D eigenvalue weighted by Crippen LogP contribution is 2.71. The number of nitrogens with zero attached hydrogens (tertiary/aromatic N) is 1. The van der Waals surface area contributed by atoms with Crippen LogP contribution in [-0.2, 0) is 19.8 Å². The molecule has 4 unspecified atom stereocenters. The predicted octanol–water partition coefficient (Wildman–Crippen LogP) is 2.06. The molecular weight excluding hydrogens is 412 g/mol. The molecule has 9 heteroatoms. The van der Waals surface area contributed by atoms with Gasteiger partial charge in [-0.05, 0) is 37.0 Å². The van der Waals surface area contributed by atoms with Crippen LogP contribution in [0.4, 0.5) is 0 Å². The van der Waals surface area contributed by atoms with E-state index >= 15 is 0 Å². The number of fused-ring (bicyclic) bond motifs is 11. The molecule has 29 heavy (non-hydrogen) atoms. The molecule has 1 spiro atoms. The van der Waals surface area contributed by atoms with Crippen molar-refractivity contribution < 1.29 is 19.5 Å². The van der Waals surface area contributed by atoms with Crippen molar-refractivity contribution in [1.29, 1.82) is 0 Å². The van der Waals surface area contributed by atoms with Crippen molar-refractivity contribution in [3.8, 4) is 0 Å². The fraction of sp³-hybridized carbons (Fsp3) is 0.700. The number of hydrogen-bond acceptors (Lipinski definition) is 6. The van der Waals surface area contributed by atoms with Gasteiger partial charge in [0.2, 0.25) is 11.8 Å². The summed E-state index contributed by atoms with van der Waals surface area (Å²) in [6.07, 6.45) is 6.40. The Bertz CT molecular complexity index is 993. The van der Waals surface area contributed by atoms with Gasteiger partial charge in [0.15, 0.2) is 0 Å². The number of amides is 2. The number of rotatable bonds is 2. The van der Waals surface area contributed by atoms with Crippen LogP contribution in [0.2, 0.25) is 0 Å². The van der Waals surface area contributed by atoms with E-state index in [0.29, 0.717) is 5.92 Å². The maximum Gasteiger partial charge on any atom is 0.323 e. The van der Waals surface area contributed by atoms with E-state index in [1.54, 1.807) is 11.8 Å². The van der Waals surface area contributed by atoms with Crippen molar-refractivity contribution >= 4 is 40.9 Å².